The second-order valence-electron chi connectivity index (χ2n) is 9.56. The van der Waals surface area contributed by atoms with Crippen LogP contribution in [0.5, 0.6) is 0 Å². The topological polar surface area (TPSA) is 99.2 Å². The third kappa shape index (κ3) is 6.74. The molecule has 0 unspecified atom stereocenters. The molecule has 9 heteroatoms. The van der Waals surface area contributed by atoms with E-state index in [1.807, 2.05) is 35.2 Å². The van der Waals surface area contributed by atoms with Crippen LogP contribution in [-0.2, 0) is 22.6 Å². The van der Waals surface area contributed by atoms with Gasteiger partial charge in [0.2, 0.25) is 5.91 Å². The maximum absolute atomic E-state index is 13.6. The molecule has 36 heavy (non-hydrogen) atoms. The fraction of sp³-hybridized carbons (Fsp3) is 0.444. The second-order valence-corrected chi connectivity index (χ2v) is 9.56. The predicted octanol–water partition coefficient (Wildman–Crippen LogP) is 3.90. The number of amides is 3. The van der Waals surface area contributed by atoms with E-state index in [9.17, 15) is 23.9 Å². The van der Waals surface area contributed by atoms with Crippen LogP contribution in [0.15, 0.2) is 54.6 Å². The van der Waals surface area contributed by atoms with Crippen molar-refractivity contribution in [3.05, 3.63) is 71.5 Å². The number of carboxylic acid groups (broad SMARTS) is 1. The van der Waals surface area contributed by atoms with Crippen LogP contribution in [0.25, 0.3) is 0 Å². The van der Waals surface area contributed by atoms with Crippen LogP contribution in [0.4, 0.5) is 14.0 Å². The van der Waals surface area contributed by atoms with Crippen molar-refractivity contribution in [2.24, 2.45) is 11.8 Å². The molecule has 2 aromatic carbocycles. The van der Waals surface area contributed by atoms with Gasteiger partial charge in [-0.1, -0.05) is 42.5 Å². The van der Waals surface area contributed by atoms with E-state index in [1.165, 1.54) is 17.0 Å². The number of nitrogens with zero attached hydrogens (tertiary/aromatic N) is 2. The highest BCUT2D eigenvalue weighted by atomic mass is 19.1. The van der Waals surface area contributed by atoms with E-state index in [0.29, 0.717) is 19.5 Å². The standard InChI is InChI=1S/C27H32FN3O5/c28-22-10-8-19(9-11-22)15-21-7-4-13-30(16-21)25(32)23-12-14-31(27(34)35)17-24(23)29-26(33)36-18-20-5-2-1-3-6-20/h1-3,5-6,8-11,21,23-24H,4,7,12-18H2,(H,29,33)(H,34,35)/t21-,23-,24-/m0/s1. The van der Waals surface area contributed by atoms with Gasteiger partial charge >= 0.3 is 12.2 Å². The van der Waals surface area contributed by atoms with Crippen molar-refractivity contribution in [2.75, 3.05) is 26.2 Å². The molecule has 0 saturated carbocycles. The Labute approximate surface area is 210 Å². The number of ether oxygens (including phenoxy) is 1. The Morgan fingerprint density at radius 1 is 0.944 bits per heavy atom. The predicted molar refractivity (Wildman–Crippen MR) is 131 cm³/mol. The molecule has 0 radical (unpaired) electrons. The lowest BCUT2D eigenvalue weighted by molar-refractivity contribution is -0.139. The lowest BCUT2D eigenvalue weighted by Crippen LogP contribution is -2.58. The van der Waals surface area contributed by atoms with Crippen molar-refractivity contribution >= 4 is 18.1 Å². The maximum Gasteiger partial charge on any atom is 0.407 e. The van der Waals surface area contributed by atoms with E-state index in [-0.39, 0.29) is 37.3 Å². The molecule has 4 rings (SSSR count). The largest absolute Gasteiger partial charge is 0.465 e. The normalized spacial score (nSPS) is 22.1. The third-order valence-corrected chi connectivity index (χ3v) is 6.98. The first kappa shape index (κ1) is 25.5. The highest BCUT2D eigenvalue weighted by Gasteiger charge is 2.40. The summed E-state index contributed by atoms with van der Waals surface area (Å²) in [6.07, 6.45) is 1.17. The summed E-state index contributed by atoms with van der Waals surface area (Å²) < 4.78 is 18.6. The number of likely N-dealkylation sites (tertiary alicyclic amines) is 2. The first-order valence-corrected chi connectivity index (χ1v) is 12.4. The molecule has 8 nitrogen and oxygen atoms in total. The van der Waals surface area contributed by atoms with Crippen LogP contribution < -0.4 is 5.32 Å². The summed E-state index contributed by atoms with van der Waals surface area (Å²) in [4.78, 5) is 40.7. The van der Waals surface area contributed by atoms with Crippen molar-refractivity contribution in [1.29, 1.82) is 0 Å². The Morgan fingerprint density at radius 2 is 1.69 bits per heavy atom. The molecule has 2 aliphatic rings. The zero-order chi connectivity index (χ0) is 25.5. The van der Waals surface area contributed by atoms with Gasteiger partial charge in [0, 0.05) is 26.2 Å². The summed E-state index contributed by atoms with van der Waals surface area (Å²) in [5.74, 6) is -0.617. The summed E-state index contributed by atoms with van der Waals surface area (Å²) in [6, 6.07) is 15.0. The molecule has 0 bridgehead atoms. The summed E-state index contributed by atoms with van der Waals surface area (Å²) in [5.41, 5.74) is 1.86. The molecular weight excluding hydrogens is 465 g/mol. The van der Waals surface area contributed by atoms with Crippen LogP contribution in [0, 0.1) is 17.7 Å². The Balaban J connectivity index is 1.38. The van der Waals surface area contributed by atoms with Crippen LogP contribution in [-0.4, -0.2) is 65.2 Å². The molecule has 3 atom stereocenters. The number of nitrogens with one attached hydrogen (secondary N) is 1. The molecule has 2 aliphatic heterocycles. The van der Waals surface area contributed by atoms with Gasteiger partial charge in [0.15, 0.2) is 0 Å². The smallest absolute Gasteiger partial charge is 0.407 e. The lowest BCUT2D eigenvalue weighted by atomic mass is 9.87. The van der Waals surface area contributed by atoms with Crippen LogP contribution in [0.1, 0.15) is 30.4 Å². The molecule has 2 aromatic rings. The first-order chi connectivity index (χ1) is 17.4. The molecular formula is C27H32FN3O5. The molecule has 2 N–H and O–H groups in total. The number of benzene rings is 2. The third-order valence-electron chi connectivity index (χ3n) is 6.98. The minimum Gasteiger partial charge on any atom is -0.465 e. The zero-order valence-electron chi connectivity index (χ0n) is 20.1. The van der Waals surface area contributed by atoms with Gasteiger partial charge in [-0.05, 0) is 54.9 Å². The number of hydrogen-bond acceptors (Lipinski definition) is 4. The molecule has 0 spiro atoms. The SMILES string of the molecule is O=C(N[C@H]1CN(C(=O)O)CC[C@@H]1C(=O)N1CCC[C@@H](Cc2ccc(F)cc2)C1)OCc1ccccc1. The van der Waals surface area contributed by atoms with E-state index in [1.54, 1.807) is 12.1 Å². The van der Waals surface area contributed by atoms with Crippen molar-refractivity contribution in [3.63, 3.8) is 0 Å². The Bertz CT molecular complexity index is 1050. The second kappa shape index (κ2) is 11.9. The van der Waals surface area contributed by atoms with Gasteiger partial charge in [-0.25, -0.2) is 14.0 Å². The molecule has 2 heterocycles. The van der Waals surface area contributed by atoms with E-state index in [4.69, 9.17) is 4.74 Å². The van der Waals surface area contributed by atoms with E-state index < -0.39 is 24.1 Å². The Kier molecular flexibility index (Phi) is 8.40. The summed E-state index contributed by atoms with van der Waals surface area (Å²) in [7, 11) is 0. The zero-order valence-corrected chi connectivity index (χ0v) is 20.1. The number of alkyl carbamates (subject to hydrolysis) is 1. The van der Waals surface area contributed by atoms with Crippen molar-refractivity contribution < 1.29 is 28.6 Å². The van der Waals surface area contributed by atoms with Crippen molar-refractivity contribution in [3.8, 4) is 0 Å². The van der Waals surface area contributed by atoms with Gasteiger partial charge in [-0.3, -0.25) is 4.79 Å². The summed E-state index contributed by atoms with van der Waals surface area (Å²) >= 11 is 0. The van der Waals surface area contributed by atoms with Gasteiger partial charge in [-0.2, -0.15) is 0 Å². The minimum absolute atomic E-state index is 0.0268. The average Bonchev–Trinajstić information content (AvgIpc) is 2.89. The monoisotopic (exact) mass is 497 g/mol. The van der Waals surface area contributed by atoms with Crippen molar-refractivity contribution in [1.82, 2.24) is 15.1 Å². The Morgan fingerprint density at radius 3 is 2.42 bits per heavy atom. The number of hydrogen-bond donors (Lipinski definition) is 2. The number of carbonyl (C=O) groups excluding carboxylic acids is 2. The van der Waals surface area contributed by atoms with Crippen LogP contribution in [0.2, 0.25) is 0 Å². The fourth-order valence-electron chi connectivity index (χ4n) is 5.10. The highest BCUT2D eigenvalue weighted by molar-refractivity contribution is 5.81. The highest BCUT2D eigenvalue weighted by Crippen LogP contribution is 2.26. The first-order valence-electron chi connectivity index (χ1n) is 12.4. The molecule has 0 aliphatic carbocycles. The van der Waals surface area contributed by atoms with E-state index in [2.05, 4.69) is 5.32 Å². The van der Waals surface area contributed by atoms with Crippen molar-refractivity contribution in [2.45, 2.75) is 38.3 Å². The number of carbonyl (C=O) groups is 3. The minimum atomic E-state index is -1.08. The number of halogens is 1. The average molecular weight is 498 g/mol. The fourth-order valence-corrected chi connectivity index (χ4v) is 5.10. The lowest BCUT2D eigenvalue weighted by Gasteiger charge is -2.41. The van der Waals surface area contributed by atoms with Gasteiger partial charge in [0.05, 0.1) is 12.0 Å². The van der Waals surface area contributed by atoms with Gasteiger partial charge in [-0.15, -0.1) is 0 Å². The van der Waals surface area contributed by atoms with Gasteiger partial charge in [0.25, 0.3) is 0 Å². The van der Waals surface area contributed by atoms with Gasteiger partial charge < -0.3 is 25.0 Å². The quantitative estimate of drug-likeness (QED) is 0.631. The van der Waals surface area contributed by atoms with Crippen LogP contribution >= 0.6 is 0 Å². The molecule has 0 aromatic heterocycles. The molecule has 2 fully saturated rings. The summed E-state index contributed by atoms with van der Waals surface area (Å²) in [5, 5.41) is 12.2. The van der Waals surface area contributed by atoms with E-state index >= 15 is 0 Å². The molecule has 192 valence electrons. The van der Waals surface area contributed by atoms with Crippen LogP contribution in [0.3, 0.4) is 0 Å². The molecule has 2 saturated heterocycles. The Hall–Kier alpha value is -3.62. The molecule has 3 amide bonds. The summed E-state index contributed by atoms with van der Waals surface area (Å²) in [6.45, 7) is 1.55. The van der Waals surface area contributed by atoms with Gasteiger partial charge in [0.1, 0.15) is 12.4 Å². The maximum atomic E-state index is 13.6. The number of rotatable bonds is 6. The van der Waals surface area contributed by atoms with E-state index in [0.717, 1.165) is 30.4 Å². The number of piperidine rings is 2.